The SMILES string of the molecule is COC1C(C(=O)NC(C)CNC(=O)CC2CC(c3ccc(C(=N)N)cc3)=NO2)=Nc2ccccc21. The van der Waals surface area contributed by atoms with Crippen molar-refractivity contribution in [2.24, 2.45) is 15.9 Å². The van der Waals surface area contributed by atoms with Gasteiger partial charge in [0, 0.05) is 37.2 Å². The van der Waals surface area contributed by atoms with Crippen molar-refractivity contribution in [3.8, 4) is 0 Å². The Bertz CT molecular complexity index is 1190. The highest BCUT2D eigenvalue weighted by atomic mass is 16.6. The van der Waals surface area contributed by atoms with Crippen LogP contribution in [0.5, 0.6) is 0 Å². The number of benzene rings is 2. The van der Waals surface area contributed by atoms with Gasteiger partial charge < -0.3 is 25.9 Å². The van der Waals surface area contributed by atoms with Gasteiger partial charge in [-0.3, -0.25) is 15.0 Å². The summed E-state index contributed by atoms with van der Waals surface area (Å²) in [5.41, 5.74) is 9.59. The molecule has 2 heterocycles. The second kappa shape index (κ2) is 10.5. The van der Waals surface area contributed by atoms with E-state index >= 15 is 0 Å². The Hall–Kier alpha value is -4.05. The third-order valence-electron chi connectivity index (χ3n) is 5.83. The maximum Gasteiger partial charge on any atom is 0.269 e. The number of aliphatic imine (C=N–C) groups is 1. The molecule has 2 aliphatic rings. The van der Waals surface area contributed by atoms with E-state index in [1.54, 1.807) is 26.2 Å². The number of amidine groups is 1. The molecule has 2 aliphatic heterocycles. The molecule has 0 saturated carbocycles. The third-order valence-corrected chi connectivity index (χ3v) is 5.83. The highest BCUT2D eigenvalue weighted by Crippen LogP contribution is 2.35. The number of methoxy groups -OCH3 is 1. The summed E-state index contributed by atoms with van der Waals surface area (Å²) in [6, 6.07) is 14.3. The van der Waals surface area contributed by atoms with Gasteiger partial charge in [-0.1, -0.05) is 47.6 Å². The van der Waals surface area contributed by atoms with Crippen molar-refractivity contribution in [1.29, 1.82) is 5.41 Å². The molecule has 10 nitrogen and oxygen atoms in total. The van der Waals surface area contributed by atoms with Crippen LogP contribution in [0.15, 0.2) is 58.7 Å². The molecule has 2 amide bonds. The maximum atomic E-state index is 12.8. The van der Waals surface area contributed by atoms with Crippen LogP contribution in [0.25, 0.3) is 0 Å². The number of oxime groups is 1. The molecule has 5 N–H and O–H groups in total. The Labute approximate surface area is 203 Å². The maximum absolute atomic E-state index is 12.8. The number of carbonyl (C=O) groups excluding carboxylic acids is 2. The molecule has 10 heteroatoms. The van der Waals surface area contributed by atoms with Gasteiger partial charge in [-0.25, -0.2) is 4.99 Å². The van der Waals surface area contributed by atoms with Crippen LogP contribution >= 0.6 is 0 Å². The third kappa shape index (κ3) is 5.55. The minimum absolute atomic E-state index is 0.000894. The lowest BCUT2D eigenvalue weighted by molar-refractivity contribution is -0.124. The van der Waals surface area contributed by atoms with Gasteiger partial charge in [0.25, 0.3) is 5.91 Å². The van der Waals surface area contributed by atoms with E-state index in [1.165, 1.54) is 0 Å². The molecule has 0 fully saturated rings. The number of carbonyl (C=O) groups is 2. The monoisotopic (exact) mass is 476 g/mol. The van der Waals surface area contributed by atoms with E-state index in [1.807, 2.05) is 36.4 Å². The number of ether oxygens (including phenoxy) is 1. The summed E-state index contributed by atoms with van der Waals surface area (Å²) in [5, 5.41) is 17.3. The quantitative estimate of drug-likeness (QED) is 0.322. The molecule has 35 heavy (non-hydrogen) atoms. The Kier molecular flexibility index (Phi) is 7.21. The smallest absolute Gasteiger partial charge is 0.269 e. The Morgan fingerprint density at radius 1 is 1.23 bits per heavy atom. The van der Waals surface area contributed by atoms with Crippen molar-refractivity contribution >= 4 is 34.8 Å². The summed E-state index contributed by atoms with van der Waals surface area (Å²) in [5.74, 6) is -0.524. The lowest BCUT2D eigenvalue weighted by Gasteiger charge is -2.17. The van der Waals surface area contributed by atoms with Gasteiger partial charge in [0.1, 0.15) is 23.8 Å². The number of amides is 2. The molecule has 0 saturated heterocycles. The van der Waals surface area contributed by atoms with E-state index < -0.39 is 6.10 Å². The van der Waals surface area contributed by atoms with Crippen LogP contribution in [0.4, 0.5) is 5.69 Å². The van der Waals surface area contributed by atoms with Crippen LogP contribution in [0.2, 0.25) is 0 Å². The summed E-state index contributed by atoms with van der Waals surface area (Å²) < 4.78 is 5.48. The highest BCUT2D eigenvalue weighted by molar-refractivity contribution is 6.42. The Balaban J connectivity index is 1.21. The average Bonchev–Trinajstić information content (AvgIpc) is 3.47. The topological polar surface area (TPSA) is 151 Å². The predicted octanol–water partition coefficient (Wildman–Crippen LogP) is 1.95. The zero-order valence-electron chi connectivity index (χ0n) is 19.6. The fourth-order valence-corrected chi connectivity index (χ4v) is 4.00. The fourth-order valence-electron chi connectivity index (χ4n) is 4.00. The summed E-state index contributed by atoms with van der Waals surface area (Å²) in [6.07, 6.45) is -0.234. The van der Waals surface area contributed by atoms with E-state index in [0.29, 0.717) is 17.7 Å². The molecular formula is C25H28N6O4. The first kappa shape index (κ1) is 24.1. The van der Waals surface area contributed by atoms with Crippen molar-refractivity contribution in [2.75, 3.05) is 13.7 Å². The molecule has 2 aromatic rings. The summed E-state index contributed by atoms with van der Waals surface area (Å²) in [4.78, 5) is 35.0. The van der Waals surface area contributed by atoms with Gasteiger partial charge in [-0.15, -0.1) is 0 Å². The molecule has 0 radical (unpaired) electrons. The van der Waals surface area contributed by atoms with Gasteiger partial charge in [0.15, 0.2) is 0 Å². The minimum Gasteiger partial charge on any atom is -0.391 e. The van der Waals surface area contributed by atoms with Crippen molar-refractivity contribution in [2.45, 2.75) is 38.0 Å². The number of nitrogen functional groups attached to an aromatic ring is 1. The van der Waals surface area contributed by atoms with Crippen molar-refractivity contribution < 1.29 is 19.2 Å². The molecule has 3 atom stereocenters. The van der Waals surface area contributed by atoms with E-state index in [9.17, 15) is 9.59 Å². The average molecular weight is 477 g/mol. The van der Waals surface area contributed by atoms with Gasteiger partial charge in [0.05, 0.1) is 17.8 Å². The highest BCUT2D eigenvalue weighted by Gasteiger charge is 2.32. The van der Waals surface area contributed by atoms with Crippen molar-refractivity contribution in [1.82, 2.24) is 10.6 Å². The Morgan fingerprint density at radius 2 is 1.97 bits per heavy atom. The molecule has 3 unspecified atom stereocenters. The molecular weight excluding hydrogens is 448 g/mol. The first-order valence-electron chi connectivity index (χ1n) is 11.3. The number of hydrogen-bond acceptors (Lipinski definition) is 7. The van der Waals surface area contributed by atoms with Gasteiger partial charge in [-0.2, -0.15) is 0 Å². The first-order chi connectivity index (χ1) is 16.9. The standard InChI is InChI=1S/C25H28N6O4/c1-14(29-25(33)22-23(34-2)18-5-3-4-6-19(18)30-22)13-28-21(32)12-17-11-20(31-35-17)15-7-9-16(10-8-15)24(26)27/h3-10,14,17,23H,11-13H2,1-2H3,(H3,26,27)(H,28,32)(H,29,33). The number of hydrogen-bond donors (Lipinski definition) is 4. The predicted molar refractivity (Wildman–Crippen MR) is 132 cm³/mol. The molecule has 0 aliphatic carbocycles. The minimum atomic E-state index is -0.514. The van der Waals surface area contributed by atoms with E-state index in [-0.39, 0.29) is 42.8 Å². The summed E-state index contributed by atoms with van der Waals surface area (Å²) >= 11 is 0. The number of nitrogens with one attached hydrogen (secondary N) is 3. The van der Waals surface area contributed by atoms with Crippen molar-refractivity contribution in [3.63, 3.8) is 0 Å². The number of para-hydroxylation sites is 1. The van der Waals surface area contributed by atoms with E-state index in [0.717, 1.165) is 22.5 Å². The molecule has 0 spiro atoms. The second-order valence-corrected chi connectivity index (χ2v) is 8.51. The number of nitrogens with two attached hydrogens (primary N) is 1. The molecule has 2 aromatic carbocycles. The van der Waals surface area contributed by atoms with E-state index in [4.69, 9.17) is 20.7 Å². The van der Waals surface area contributed by atoms with Gasteiger partial charge in [-0.05, 0) is 18.6 Å². The fraction of sp³-hybridized carbons (Fsp3) is 0.320. The lowest BCUT2D eigenvalue weighted by Crippen LogP contribution is -2.45. The Morgan fingerprint density at radius 3 is 2.69 bits per heavy atom. The second-order valence-electron chi connectivity index (χ2n) is 8.51. The zero-order chi connectivity index (χ0) is 24.9. The van der Waals surface area contributed by atoms with Gasteiger partial charge in [0.2, 0.25) is 5.91 Å². The van der Waals surface area contributed by atoms with Crippen molar-refractivity contribution in [3.05, 3.63) is 65.2 Å². The first-order valence-corrected chi connectivity index (χ1v) is 11.3. The van der Waals surface area contributed by atoms with Crippen LogP contribution < -0.4 is 16.4 Å². The summed E-state index contributed by atoms with van der Waals surface area (Å²) in [6.45, 7) is 2.07. The van der Waals surface area contributed by atoms with Crippen LogP contribution in [0.1, 0.15) is 42.6 Å². The van der Waals surface area contributed by atoms with Crippen LogP contribution in [0, 0.1) is 5.41 Å². The number of fused-ring (bicyclic) bond motifs is 1. The number of nitrogens with zero attached hydrogens (tertiary/aromatic N) is 2. The summed E-state index contributed by atoms with van der Waals surface area (Å²) in [7, 11) is 1.54. The molecule has 0 bridgehead atoms. The van der Waals surface area contributed by atoms with Gasteiger partial charge >= 0.3 is 0 Å². The molecule has 0 aromatic heterocycles. The normalized spacial score (nSPS) is 19.1. The van der Waals surface area contributed by atoms with E-state index in [2.05, 4.69) is 20.8 Å². The number of rotatable bonds is 9. The lowest BCUT2D eigenvalue weighted by atomic mass is 10.0. The molecule has 182 valence electrons. The van der Waals surface area contributed by atoms with Crippen LogP contribution in [-0.2, 0) is 19.2 Å². The van der Waals surface area contributed by atoms with Crippen LogP contribution in [0.3, 0.4) is 0 Å². The molecule has 4 rings (SSSR count). The zero-order valence-corrected chi connectivity index (χ0v) is 19.6. The largest absolute Gasteiger partial charge is 0.391 e. The van der Waals surface area contributed by atoms with Crippen LogP contribution in [-0.4, -0.2) is 54.9 Å².